The molecule has 0 aliphatic rings. The van der Waals surface area contributed by atoms with Crippen LogP contribution in [0.15, 0.2) is 53.4 Å². The standard InChI is InChI=1S/C20H26N2O2S/c1-4-22(5-2)14-16-7-6-8-17(13-16)21-20(23)15-25-19-11-9-18(24-3)10-12-19/h6-13H,4-5,14-15H2,1-3H3,(H,21,23). The average Bonchev–Trinajstić information content (AvgIpc) is 2.65. The lowest BCUT2D eigenvalue weighted by Gasteiger charge is -2.18. The number of nitrogens with one attached hydrogen (secondary N) is 1. The molecule has 0 fully saturated rings. The van der Waals surface area contributed by atoms with E-state index in [1.54, 1.807) is 7.11 Å². The molecule has 0 unspecified atom stereocenters. The Hall–Kier alpha value is -1.98. The van der Waals surface area contributed by atoms with E-state index in [9.17, 15) is 4.79 Å². The first-order chi connectivity index (χ1) is 12.1. The molecule has 0 radical (unpaired) electrons. The number of hydrogen-bond acceptors (Lipinski definition) is 4. The summed E-state index contributed by atoms with van der Waals surface area (Å²) in [6.45, 7) is 7.26. The van der Waals surface area contributed by atoms with Crippen LogP contribution in [-0.4, -0.2) is 36.8 Å². The Morgan fingerprint density at radius 3 is 2.48 bits per heavy atom. The van der Waals surface area contributed by atoms with Gasteiger partial charge >= 0.3 is 0 Å². The Labute approximate surface area is 154 Å². The minimum atomic E-state index is 0.000747. The van der Waals surface area contributed by atoms with Crippen molar-refractivity contribution in [3.8, 4) is 5.75 Å². The molecule has 0 saturated carbocycles. The Morgan fingerprint density at radius 1 is 1.12 bits per heavy atom. The van der Waals surface area contributed by atoms with Crippen molar-refractivity contribution in [2.75, 3.05) is 31.3 Å². The minimum absolute atomic E-state index is 0.000747. The highest BCUT2D eigenvalue weighted by molar-refractivity contribution is 8.00. The summed E-state index contributed by atoms with van der Waals surface area (Å²) in [5.41, 5.74) is 2.06. The normalized spacial score (nSPS) is 10.7. The van der Waals surface area contributed by atoms with Gasteiger partial charge in [-0.25, -0.2) is 0 Å². The number of anilines is 1. The maximum Gasteiger partial charge on any atom is 0.234 e. The molecule has 0 saturated heterocycles. The van der Waals surface area contributed by atoms with Crippen molar-refractivity contribution in [3.63, 3.8) is 0 Å². The molecule has 2 aromatic carbocycles. The van der Waals surface area contributed by atoms with Gasteiger partial charge in [0.15, 0.2) is 0 Å². The Balaban J connectivity index is 1.87. The van der Waals surface area contributed by atoms with Crippen LogP contribution in [0.2, 0.25) is 0 Å². The number of benzene rings is 2. The Morgan fingerprint density at radius 2 is 1.84 bits per heavy atom. The summed E-state index contributed by atoms with van der Waals surface area (Å²) in [6.07, 6.45) is 0. The number of amides is 1. The van der Waals surface area contributed by atoms with Gasteiger partial charge in [-0.15, -0.1) is 11.8 Å². The number of rotatable bonds is 9. The van der Waals surface area contributed by atoms with Gasteiger partial charge in [0.05, 0.1) is 12.9 Å². The van der Waals surface area contributed by atoms with E-state index in [2.05, 4.69) is 30.1 Å². The van der Waals surface area contributed by atoms with Crippen molar-refractivity contribution in [2.24, 2.45) is 0 Å². The highest BCUT2D eigenvalue weighted by Crippen LogP contribution is 2.21. The van der Waals surface area contributed by atoms with Crippen LogP contribution < -0.4 is 10.1 Å². The van der Waals surface area contributed by atoms with Crippen molar-refractivity contribution in [1.29, 1.82) is 0 Å². The number of hydrogen-bond donors (Lipinski definition) is 1. The third kappa shape index (κ3) is 6.44. The highest BCUT2D eigenvalue weighted by Gasteiger charge is 2.06. The number of ether oxygens (including phenoxy) is 1. The molecule has 5 heteroatoms. The zero-order chi connectivity index (χ0) is 18.1. The molecule has 1 amide bonds. The van der Waals surface area contributed by atoms with Crippen LogP contribution in [0.25, 0.3) is 0 Å². The quantitative estimate of drug-likeness (QED) is 0.680. The first kappa shape index (κ1) is 19.3. The molecule has 134 valence electrons. The van der Waals surface area contributed by atoms with Crippen LogP contribution in [0.1, 0.15) is 19.4 Å². The number of thioether (sulfide) groups is 1. The van der Waals surface area contributed by atoms with E-state index in [4.69, 9.17) is 4.74 Å². The molecule has 1 N–H and O–H groups in total. The Bertz CT molecular complexity index is 670. The maximum atomic E-state index is 12.2. The van der Waals surface area contributed by atoms with Gasteiger partial charge in [-0.05, 0) is 55.1 Å². The van der Waals surface area contributed by atoms with Gasteiger partial charge in [0.2, 0.25) is 5.91 Å². The van der Waals surface area contributed by atoms with Crippen molar-refractivity contribution in [1.82, 2.24) is 4.90 Å². The molecular formula is C20H26N2O2S. The second kappa shape index (κ2) is 10.1. The van der Waals surface area contributed by atoms with Gasteiger partial charge in [0, 0.05) is 17.1 Å². The lowest BCUT2D eigenvalue weighted by molar-refractivity contribution is -0.113. The summed E-state index contributed by atoms with van der Waals surface area (Å²) in [5, 5.41) is 2.98. The second-order valence-corrected chi connectivity index (χ2v) is 6.72. The first-order valence-corrected chi connectivity index (χ1v) is 9.51. The lowest BCUT2D eigenvalue weighted by atomic mass is 10.2. The van der Waals surface area contributed by atoms with Crippen LogP contribution in [0.5, 0.6) is 5.75 Å². The second-order valence-electron chi connectivity index (χ2n) is 5.67. The largest absolute Gasteiger partial charge is 0.497 e. The number of carbonyl (C=O) groups excluding carboxylic acids is 1. The molecule has 0 heterocycles. The van der Waals surface area contributed by atoms with E-state index in [0.29, 0.717) is 5.75 Å². The van der Waals surface area contributed by atoms with Gasteiger partial charge in [-0.2, -0.15) is 0 Å². The summed E-state index contributed by atoms with van der Waals surface area (Å²) in [4.78, 5) is 15.6. The number of methoxy groups -OCH3 is 1. The predicted octanol–water partition coefficient (Wildman–Crippen LogP) is 4.27. The minimum Gasteiger partial charge on any atom is -0.497 e. The smallest absolute Gasteiger partial charge is 0.234 e. The van der Waals surface area contributed by atoms with Gasteiger partial charge in [0.1, 0.15) is 5.75 Å². The van der Waals surface area contributed by atoms with Crippen molar-refractivity contribution in [3.05, 3.63) is 54.1 Å². The molecule has 2 rings (SSSR count). The zero-order valence-electron chi connectivity index (χ0n) is 15.1. The van der Waals surface area contributed by atoms with Crippen molar-refractivity contribution >= 4 is 23.4 Å². The maximum absolute atomic E-state index is 12.2. The molecule has 0 aromatic heterocycles. The van der Waals surface area contributed by atoms with Gasteiger partial charge in [-0.3, -0.25) is 9.69 Å². The Kier molecular flexibility index (Phi) is 7.82. The molecule has 2 aromatic rings. The number of carbonyl (C=O) groups is 1. The summed E-state index contributed by atoms with van der Waals surface area (Å²) in [6, 6.07) is 15.8. The lowest BCUT2D eigenvalue weighted by Crippen LogP contribution is -2.22. The van der Waals surface area contributed by atoms with E-state index in [0.717, 1.165) is 36.0 Å². The average molecular weight is 359 g/mol. The van der Waals surface area contributed by atoms with Gasteiger partial charge in [-0.1, -0.05) is 26.0 Å². The summed E-state index contributed by atoms with van der Waals surface area (Å²) in [7, 11) is 1.64. The van der Waals surface area contributed by atoms with E-state index < -0.39 is 0 Å². The third-order valence-corrected chi connectivity index (χ3v) is 4.95. The fraction of sp³-hybridized carbons (Fsp3) is 0.350. The van der Waals surface area contributed by atoms with Crippen LogP contribution in [0, 0.1) is 0 Å². The molecular weight excluding hydrogens is 332 g/mol. The predicted molar refractivity (Wildman–Crippen MR) is 105 cm³/mol. The summed E-state index contributed by atoms with van der Waals surface area (Å²) >= 11 is 1.51. The SMILES string of the molecule is CCN(CC)Cc1cccc(NC(=O)CSc2ccc(OC)cc2)c1. The summed E-state index contributed by atoms with van der Waals surface area (Å²) < 4.78 is 5.14. The van der Waals surface area contributed by atoms with Crippen molar-refractivity contribution < 1.29 is 9.53 Å². The van der Waals surface area contributed by atoms with Crippen molar-refractivity contribution in [2.45, 2.75) is 25.3 Å². The van der Waals surface area contributed by atoms with E-state index >= 15 is 0 Å². The molecule has 0 aliphatic carbocycles. The van der Waals surface area contributed by atoms with Crippen LogP contribution >= 0.6 is 11.8 Å². The van der Waals surface area contributed by atoms with E-state index in [1.165, 1.54) is 17.3 Å². The van der Waals surface area contributed by atoms with Crippen LogP contribution in [0.4, 0.5) is 5.69 Å². The van der Waals surface area contributed by atoms with Crippen LogP contribution in [-0.2, 0) is 11.3 Å². The molecule has 0 bridgehead atoms. The number of nitrogens with zero attached hydrogens (tertiary/aromatic N) is 1. The summed E-state index contributed by atoms with van der Waals surface area (Å²) in [5.74, 6) is 1.20. The highest BCUT2D eigenvalue weighted by atomic mass is 32.2. The molecule has 0 spiro atoms. The van der Waals surface area contributed by atoms with Crippen LogP contribution in [0.3, 0.4) is 0 Å². The fourth-order valence-corrected chi connectivity index (χ4v) is 3.17. The zero-order valence-corrected chi connectivity index (χ0v) is 15.9. The molecule has 25 heavy (non-hydrogen) atoms. The topological polar surface area (TPSA) is 41.6 Å². The third-order valence-electron chi connectivity index (χ3n) is 3.94. The van der Waals surface area contributed by atoms with Gasteiger partial charge in [0.25, 0.3) is 0 Å². The first-order valence-electron chi connectivity index (χ1n) is 8.52. The molecule has 0 aliphatic heterocycles. The monoisotopic (exact) mass is 358 g/mol. The van der Waals surface area contributed by atoms with E-state index in [1.807, 2.05) is 42.5 Å². The fourth-order valence-electron chi connectivity index (χ4n) is 2.47. The molecule has 4 nitrogen and oxygen atoms in total. The molecule has 0 atom stereocenters. The van der Waals surface area contributed by atoms with Gasteiger partial charge < -0.3 is 10.1 Å². The van der Waals surface area contributed by atoms with E-state index in [-0.39, 0.29) is 5.91 Å².